The van der Waals surface area contributed by atoms with Gasteiger partial charge in [-0.05, 0) is 30.7 Å². The first kappa shape index (κ1) is 20.5. The topological polar surface area (TPSA) is 89.9 Å². The molecule has 10 heteroatoms. The highest BCUT2D eigenvalue weighted by molar-refractivity contribution is 5.94. The van der Waals surface area contributed by atoms with Crippen molar-refractivity contribution < 1.29 is 32.7 Å². The number of hydrogen-bond donors (Lipinski definition) is 2. The van der Waals surface area contributed by atoms with E-state index in [4.69, 9.17) is 5.11 Å². The minimum atomic E-state index is -4.45. The Balaban J connectivity index is 1.81. The number of carboxylic acid groups (broad SMARTS) is 1. The second kappa shape index (κ2) is 8.74. The van der Waals surface area contributed by atoms with E-state index in [1.165, 1.54) is 9.80 Å². The Morgan fingerprint density at radius 1 is 1.00 bits per heavy atom. The van der Waals surface area contributed by atoms with Gasteiger partial charge in [-0.15, -0.1) is 0 Å². The predicted molar refractivity (Wildman–Crippen MR) is 89.2 cm³/mol. The second-order valence-corrected chi connectivity index (χ2v) is 6.08. The van der Waals surface area contributed by atoms with Crippen LogP contribution in [-0.4, -0.2) is 65.5 Å². The summed E-state index contributed by atoms with van der Waals surface area (Å²) in [4.78, 5) is 37.8. The lowest BCUT2D eigenvalue weighted by molar-refractivity contribution is -0.138. The van der Waals surface area contributed by atoms with Crippen LogP contribution in [-0.2, 0) is 11.0 Å². The van der Waals surface area contributed by atoms with Crippen LogP contribution in [0, 0.1) is 0 Å². The Morgan fingerprint density at radius 3 is 2.07 bits per heavy atom. The fourth-order valence-electron chi connectivity index (χ4n) is 2.64. The SMILES string of the molecule is O=C(O)CCCNC(=O)N1CCN(C(=O)c2ccc(C(F)(F)F)cc2)CC1. The van der Waals surface area contributed by atoms with E-state index in [-0.39, 0.29) is 56.6 Å². The fraction of sp³-hybridized carbons (Fsp3) is 0.471. The van der Waals surface area contributed by atoms with Crippen molar-refractivity contribution in [3.8, 4) is 0 Å². The summed E-state index contributed by atoms with van der Waals surface area (Å²) >= 11 is 0. The van der Waals surface area contributed by atoms with Crippen molar-refractivity contribution >= 4 is 17.9 Å². The quantitative estimate of drug-likeness (QED) is 0.757. The maximum atomic E-state index is 12.6. The maximum absolute atomic E-state index is 12.6. The molecule has 1 aliphatic rings. The van der Waals surface area contributed by atoms with Crippen molar-refractivity contribution in [1.82, 2.24) is 15.1 Å². The van der Waals surface area contributed by atoms with Crippen LogP contribution in [0.5, 0.6) is 0 Å². The molecule has 0 unspecified atom stereocenters. The van der Waals surface area contributed by atoms with E-state index in [1.54, 1.807) is 0 Å². The zero-order valence-electron chi connectivity index (χ0n) is 14.5. The molecule has 0 saturated carbocycles. The number of carbonyl (C=O) groups excluding carboxylic acids is 2. The number of rotatable bonds is 5. The monoisotopic (exact) mass is 387 g/mol. The third-order valence-electron chi connectivity index (χ3n) is 4.16. The van der Waals surface area contributed by atoms with Crippen molar-refractivity contribution in [3.63, 3.8) is 0 Å². The van der Waals surface area contributed by atoms with E-state index in [1.807, 2.05) is 0 Å². The van der Waals surface area contributed by atoms with Crippen LogP contribution in [0.4, 0.5) is 18.0 Å². The predicted octanol–water partition coefficient (Wildman–Crippen LogP) is 2.04. The average molecular weight is 387 g/mol. The molecule has 3 amide bonds. The molecule has 1 heterocycles. The summed E-state index contributed by atoms with van der Waals surface area (Å²) in [6.07, 6.45) is -4.16. The molecule has 0 bridgehead atoms. The Hall–Kier alpha value is -2.78. The Bertz CT molecular complexity index is 684. The van der Waals surface area contributed by atoms with E-state index in [2.05, 4.69) is 5.32 Å². The zero-order valence-corrected chi connectivity index (χ0v) is 14.5. The minimum Gasteiger partial charge on any atom is -0.481 e. The summed E-state index contributed by atoms with van der Waals surface area (Å²) < 4.78 is 37.7. The van der Waals surface area contributed by atoms with Crippen molar-refractivity contribution in [2.24, 2.45) is 0 Å². The summed E-state index contributed by atoms with van der Waals surface area (Å²) in [5, 5.41) is 11.2. The molecular weight excluding hydrogens is 367 g/mol. The van der Waals surface area contributed by atoms with Gasteiger partial charge in [0.2, 0.25) is 0 Å². The summed E-state index contributed by atoms with van der Waals surface area (Å²) in [6.45, 7) is 1.36. The molecule has 1 aromatic rings. The van der Waals surface area contributed by atoms with Crippen LogP contribution in [0.15, 0.2) is 24.3 Å². The van der Waals surface area contributed by atoms with Gasteiger partial charge in [-0.3, -0.25) is 9.59 Å². The van der Waals surface area contributed by atoms with Crippen molar-refractivity contribution in [3.05, 3.63) is 35.4 Å². The Labute approximate surface area is 153 Å². The normalized spacial score (nSPS) is 14.8. The molecule has 148 valence electrons. The molecule has 2 rings (SSSR count). The van der Waals surface area contributed by atoms with Gasteiger partial charge in [0.15, 0.2) is 0 Å². The van der Waals surface area contributed by atoms with Gasteiger partial charge in [0.05, 0.1) is 5.56 Å². The standard InChI is InChI=1S/C17H20F3N3O4/c18-17(19,20)13-5-3-12(4-6-13)15(26)22-8-10-23(11-9-22)16(27)21-7-1-2-14(24)25/h3-6H,1-2,7-11H2,(H,21,27)(H,24,25). The molecular formula is C17H20F3N3O4. The number of aliphatic carboxylic acids is 1. The molecule has 1 saturated heterocycles. The number of alkyl halides is 3. The summed E-state index contributed by atoms with van der Waals surface area (Å²) in [6, 6.07) is 3.70. The molecule has 1 aliphatic heterocycles. The first-order chi connectivity index (χ1) is 12.7. The van der Waals surface area contributed by atoms with Gasteiger partial charge in [-0.25, -0.2) is 4.79 Å². The van der Waals surface area contributed by atoms with E-state index < -0.39 is 17.7 Å². The summed E-state index contributed by atoms with van der Waals surface area (Å²) in [5.74, 6) is -1.31. The zero-order chi connectivity index (χ0) is 20.0. The largest absolute Gasteiger partial charge is 0.481 e. The maximum Gasteiger partial charge on any atom is 0.416 e. The Kier molecular flexibility index (Phi) is 6.65. The van der Waals surface area contributed by atoms with Gasteiger partial charge >= 0.3 is 18.2 Å². The average Bonchev–Trinajstić information content (AvgIpc) is 2.64. The number of amides is 3. The van der Waals surface area contributed by atoms with Gasteiger partial charge in [0.1, 0.15) is 0 Å². The van der Waals surface area contributed by atoms with Gasteiger partial charge < -0.3 is 20.2 Å². The number of urea groups is 1. The lowest BCUT2D eigenvalue weighted by Crippen LogP contribution is -2.53. The van der Waals surface area contributed by atoms with Crippen LogP contribution in [0.1, 0.15) is 28.8 Å². The molecule has 7 nitrogen and oxygen atoms in total. The fourth-order valence-corrected chi connectivity index (χ4v) is 2.64. The van der Waals surface area contributed by atoms with Crippen LogP contribution >= 0.6 is 0 Å². The van der Waals surface area contributed by atoms with E-state index in [0.717, 1.165) is 24.3 Å². The number of benzene rings is 1. The number of halogens is 3. The molecule has 0 aliphatic carbocycles. The minimum absolute atomic E-state index is 0.0321. The molecule has 0 atom stereocenters. The molecule has 0 radical (unpaired) electrons. The van der Waals surface area contributed by atoms with Crippen molar-refractivity contribution in [2.45, 2.75) is 19.0 Å². The van der Waals surface area contributed by atoms with Crippen LogP contribution in [0.25, 0.3) is 0 Å². The van der Waals surface area contributed by atoms with Crippen LogP contribution < -0.4 is 5.32 Å². The van der Waals surface area contributed by atoms with E-state index in [9.17, 15) is 27.6 Å². The molecule has 1 aromatic carbocycles. The lowest BCUT2D eigenvalue weighted by Gasteiger charge is -2.34. The van der Waals surface area contributed by atoms with E-state index in [0.29, 0.717) is 6.42 Å². The Morgan fingerprint density at radius 2 is 1.56 bits per heavy atom. The van der Waals surface area contributed by atoms with Crippen molar-refractivity contribution in [1.29, 1.82) is 0 Å². The number of carboxylic acids is 1. The highest BCUT2D eigenvalue weighted by Gasteiger charge is 2.31. The van der Waals surface area contributed by atoms with Gasteiger partial charge in [0.25, 0.3) is 5.91 Å². The first-order valence-electron chi connectivity index (χ1n) is 8.39. The number of piperazine rings is 1. The lowest BCUT2D eigenvalue weighted by atomic mass is 10.1. The number of hydrogen-bond acceptors (Lipinski definition) is 3. The highest BCUT2D eigenvalue weighted by atomic mass is 19.4. The molecule has 27 heavy (non-hydrogen) atoms. The van der Waals surface area contributed by atoms with Gasteiger partial charge in [-0.2, -0.15) is 13.2 Å². The summed E-state index contributed by atoms with van der Waals surface area (Å²) in [5.41, 5.74) is -0.655. The smallest absolute Gasteiger partial charge is 0.416 e. The molecule has 0 aromatic heterocycles. The number of nitrogens with zero attached hydrogens (tertiary/aromatic N) is 2. The molecule has 0 spiro atoms. The van der Waals surface area contributed by atoms with Gasteiger partial charge in [-0.1, -0.05) is 0 Å². The molecule has 1 fully saturated rings. The molecule has 2 N–H and O–H groups in total. The summed E-state index contributed by atoms with van der Waals surface area (Å²) in [7, 11) is 0. The van der Waals surface area contributed by atoms with E-state index >= 15 is 0 Å². The van der Waals surface area contributed by atoms with Gasteiger partial charge in [0, 0.05) is 44.7 Å². The third kappa shape index (κ3) is 5.87. The van der Waals surface area contributed by atoms with Crippen molar-refractivity contribution in [2.75, 3.05) is 32.7 Å². The first-order valence-corrected chi connectivity index (χ1v) is 8.39. The number of carbonyl (C=O) groups is 3. The number of nitrogens with one attached hydrogen (secondary N) is 1. The van der Waals surface area contributed by atoms with Crippen LogP contribution in [0.2, 0.25) is 0 Å². The van der Waals surface area contributed by atoms with Crippen LogP contribution in [0.3, 0.4) is 0 Å². The third-order valence-corrected chi connectivity index (χ3v) is 4.16. The second-order valence-electron chi connectivity index (χ2n) is 6.08. The highest BCUT2D eigenvalue weighted by Crippen LogP contribution is 2.29.